The van der Waals surface area contributed by atoms with Gasteiger partial charge in [-0.25, -0.2) is 4.39 Å². The molecular formula is C14H15FN2O2S. The van der Waals surface area contributed by atoms with Crippen LogP contribution in [0.25, 0.3) is 0 Å². The minimum Gasteiger partial charge on any atom is -0.468 e. The Balaban J connectivity index is 2.04. The SMILES string of the molecule is Cc1occc1SC(C)C(=O)Nc1cc(N)ccc1F. The normalized spacial score (nSPS) is 12.2. The Morgan fingerprint density at radius 2 is 2.20 bits per heavy atom. The van der Waals surface area contributed by atoms with Crippen molar-refractivity contribution in [1.82, 2.24) is 0 Å². The number of thioether (sulfide) groups is 1. The minimum absolute atomic E-state index is 0.0892. The van der Waals surface area contributed by atoms with Gasteiger partial charge in [0.2, 0.25) is 5.91 Å². The standard InChI is InChI=1S/C14H15FN2O2S/c1-8-13(5-6-19-8)20-9(2)14(18)17-12-7-10(16)3-4-11(12)15/h3-7,9H,16H2,1-2H3,(H,17,18). The first-order valence-corrected chi connectivity index (χ1v) is 6.92. The van der Waals surface area contributed by atoms with Crippen LogP contribution in [0.15, 0.2) is 39.8 Å². The van der Waals surface area contributed by atoms with Crippen molar-refractivity contribution in [2.45, 2.75) is 24.0 Å². The molecule has 1 aromatic heterocycles. The van der Waals surface area contributed by atoms with Gasteiger partial charge in [0.05, 0.1) is 17.2 Å². The predicted molar refractivity (Wildman–Crippen MR) is 78.2 cm³/mol. The number of rotatable bonds is 4. The second-order valence-corrected chi connectivity index (χ2v) is 5.71. The van der Waals surface area contributed by atoms with Gasteiger partial charge in [0.1, 0.15) is 11.6 Å². The number of hydrogen-bond donors (Lipinski definition) is 2. The van der Waals surface area contributed by atoms with E-state index in [0.29, 0.717) is 5.69 Å². The van der Waals surface area contributed by atoms with Crippen LogP contribution in [0.1, 0.15) is 12.7 Å². The molecule has 1 aromatic carbocycles. The monoisotopic (exact) mass is 294 g/mol. The van der Waals surface area contributed by atoms with Gasteiger partial charge < -0.3 is 15.5 Å². The number of anilines is 2. The molecule has 3 N–H and O–H groups in total. The van der Waals surface area contributed by atoms with Gasteiger partial charge in [0.25, 0.3) is 0 Å². The molecule has 6 heteroatoms. The Hall–Kier alpha value is -1.95. The predicted octanol–water partition coefficient (Wildman–Crippen LogP) is 3.43. The van der Waals surface area contributed by atoms with E-state index in [4.69, 9.17) is 10.2 Å². The van der Waals surface area contributed by atoms with Crippen LogP contribution in [0.2, 0.25) is 0 Å². The lowest BCUT2D eigenvalue weighted by molar-refractivity contribution is -0.115. The molecule has 106 valence electrons. The van der Waals surface area contributed by atoms with Crippen LogP contribution >= 0.6 is 11.8 Å². The maximum Gasteiger partial charge on any atom is 0.237 e. The van der Waals surface area contributed by atoms with E-state index in [2.05, 4.69) is 5.32 Å². The maximum absolute atomic E-state index is 13.5. The van der Waals surface area contributed by atoms with Crippen molar-refractivity contribution >= 4 is 29.0 Å². The number of hydrogen-bond acceptors (Lipinski definition) is 4. The van der Waals surface area contributed by atoms with E-state index < -0.39 is 5.82 Å². The molecule has 1 amide bonds. The van der Waals surface area contributed by atoms with E-state index in [-0.39, 0.29) is 16.8 Å². The molecule has 2 rings (SSSR count). The van der Waals surface area contributed by atoms with Crippen LogP contribution in [-0.2, 0) is 4.79 Å². The molecule has 1 unspecified atom stereocenters. The zero-order chi connectivity index (χ0) is 14.7. The number of nitrogens with two attached hydrogens (primary N) is 1. The first-order valence-electron chi connectivity index (χ1n) is 6.04. The van der Waals surface area contributed by atoms with Gasteiger partial charge in [0.15, 0.2) is 0 Å². The first kappa shape index (κ1) is 14.5. The van der Waals surface area contributed by atoms with E-state index in [9.17, 15) is 9.18 Å². The van der Waals surface area contributed by atoms with Crippen molar-refractivity contribution in [3.63, 3.8) is 0 Å². The van der Waals surface area contributed by atoms with Gasteiger partial charge in [-0.15, -0.1) is 11.8 Å². The number of nitrogen functional groups attached to an aromatic ring is 1. The van der Waals surface area contributed by atoms with Gasteiger partial charge in [0, 0.05) is 10.6 Å². The molecule has 0 aliphatic carbocycles. The highest BCUT2D eigenvalue weighted by Gasteiger charge is 2.18. The summed E-state index contributed by atoms with van der Waals surface area (Å²) in [6.07, 6.45) is 1.57. The number of carbonyl (C=O) groups is 1. The molecule has 2 aromatic rings. The fourth-order valence-electron chi connectivity index (χ4n) is 1.61. The second kappa shape index (κ2) is 6.00. The molecule has 0 fully saturated rings. The fourth-order valence-corrected chi connectivity index (χ4v) is 2.51. The lowest BCUT2D eigenvalue weighted by Crippen LogP contribution is -2.23. The third kappa shape index (κ3) is 3.33. The summed E-state index contributed by atoms with van der Waals surface area (Å²) < 4.78 is 18.7. The Morgan fingerprint density at radius 3 is 2.85 bits per heavy atom. The summed E-state index contributed by atoms with van der Waals surface area (Å²) in [6, 6.07) is 5.86. The summed E-state index contributed by atoms with van der Waals surface area (Å²) in [5, 5.41) is 2.16. The van der Waals surface area contributed by atoms with Gasteiger partial charge in [-0.2, -0.15) is 0 Å². The molecule has 4 nitrogen and oxygen atoms in total. The second-order valence-electron chi connectivity index (χ2n) is 4.33. The average Bonchev–Trinajstić information content (AvgIpc) is 2.79. The number of halogens is 1. The molecule has 0 saturated heterocycles. The third-order valence-corrected chi connectivity index (χ3v) is 3.98. The van der Waals surface area contributed by atoms with Gasteiger partial charge in [-0.3, -0.25) is 4.79 Å². The minimum atomic E-state index is -0.510. The summed E-state index contributed by atoms with van der Waals surface area (Å²) in [7, 11) is 0. The molecule has 0 bridgehead atoms. The average molecular weight is 294 g/mol. The Morgan fingerprint density at radius 1 is 1.45 bits per heavy atom. The van der Waals surface area contributed by atoms with Crippen molar-refractivity contribution in [3.05, 3.63) is 42.1 Å². The summed E-state index contributed by atoms with van der Waals surface area (Å²) in [5.41, 5.74) is 6.06. The van der Waals surface area contributed by atoms with Gasteiger partial charge in [-0.1, -0.05) is 0 Å². The quantitative estimate of drug-likeness (QED) is 0.669. The highest BCUT2D eigenvalue weighted by molar-refractivity contribution is 8.00. The Kier molecular flexibility index (Phi) is 4.34. The van der Waals surface area contributed by atoms with Crippen LogP contribution in [-0.4, -0.2) is 11.2 Å². The van der Waals surface area contributed by atoms with E-state index in [1.807, 2.05) is 6.92 Å². The summed E-state index contributed by atoms with van der Waals surface area (Å²) in [6.45, 7) is 3.57. The summed E-state index contributed by atoms with van der Waals surface area (Å²) in [5.74, 6) is -0.0471. The van der Waals surface area contributed by atoms with Crippen molar-refractivity contribution in [2.24, 2.45) is 0 Å². The highest BCUT2D eigenvalue weighted by atomic mass is 32.2. The number of aryl methyl sites for hydroxylation is 1. The molecule has 1 heterocycles. The van der Waals surface area contributed by atoms with Crippen molar-refractivity contribution in [2.75, 3.05) is 11.1 Å². The van der Waals surface area contributed by atoms with Gasteiger partial charge in [-0.05, 0) is 38.1 Å². The van der Waals surface area contributed by atoms with E-state index in [0.717, 1.165) is 10.7 Å². The molecule has 0 saturated carbocycles. The van der Waals surface area contributed by atoms with Crippen molar-refractivity contribution in [1.29, 1.82) is 0 Å². The Labute approximate surface area is 120 Å². The number of amides is 1. The molecule has 0 radical (unpaired) electrons. The zero-order valence-electron chi connectivity index (χ0n) is 11.1. The first-order chi connectivity index (χ1) is 9.47. The largest absolute Gasteiger partial charge is 0.468 e. The molecule has 0 aliphatic heterocycles. The van der Waals surface area contributed by atoms with Crippen LogP contribution in [0.3, 0.4) is 0 Å². The summed E-state index contributed by atoms with van der Waals surface area (Å²) >= 11 is 1.35. The van der Waals surface area contributed by atoms with E-state index in [1.165, 1.54) is 30.0 Å². The van der Waals surface area contributed by atoms with Crippen LogP contribution in [0.4, 0.5) is 15.8 Å². The van der Waals surface area contributed by atoms with E-state index >= 15 is 0 Å². The zero-order valence-corrected chi connectivity index (χ0v) is 12.0. The van der Waals surface area contributed by atoms with E-state index in [1.54, 1.807) is 19.3 Å². The Bertz CT molecular complexity index is 627. The molecule has 0 spiro atoms. The lowest BCUT2D eigenvalue weighted by Gasteiger charge is -2.12. The third-order valence-electron chi connectivity index (χ3n) is 2.73. The highest BCUT2D eigenvalue weighted by Crippen LogP contribution is 2.28. The van der Waals surface area contributed by atoms with Crippen LogP contribution in [0.5, 0.6) is 0 Å². The number of furan rings is 1. The number of nitrogens with one attached hydrogen (secondary N) is 1. The van der Waals surface area contributed by atoms with Crippen molar-refractivity contribution < 1.29 is 13.6 Å². The molecular weight excluding hydrogens is 279 g/mol. The fraction of sp³-hybridized carbons (Fsp3) is 0.214. The molecule has 20 heavy (non-hydrogen) atoms. The number of carbonyl (C=O) groups excluding carboxylic acids is 1. The maximum atomic E-state index is 13.5. The summed E-state index contributed by atoms with van der Waals surface area (Å²) in [4.78, 5) is 12.9. The molecule has 1 atom stereocenters. The molecule has 0 aliphatic rings. The van der Waals surface area contributed by atoms with Crippen molar-refractivity contribution in [3.8, 4) is 0 Å². The topological polar surface area (TPSA) is 68.3 Å². The van der Waals surface area contributed by atoms with Crippen LogP contribution < -0.4 is 11.1 Å². The van der Waals surface area contributed by atoms with Gasteiger partial charge >= 0.3 is 0 Å². The number of benzene rings is 1. The van der Waals surface area contributed by atoms with Crippen LogP contribution in [0, 0.1) is 12.7 Å². The smallest absolute Gasteiger partial charge is 0.237 e. The lowest BCUT2D eigenvalue weighted by atomic mass is 10.2.